The van der Waals surface area contributed by atoms with Crippen molar-refractivity contribution in [3.8, 4) is 0 Å². The maximum absolute atomic E-state index is 11.5. The van der Waals surface area contributed by atoms with Crippen LogP contribution in [-0.2, 0) is 9.53 Å². The Balaban J connectivity index is 2.49. The van der Waals surface area contributed by atoms with Crippen LogP contribution >= 0.6 is 0 Å². The monoisotopic (exact) mass is 241 g/mol. The van der Waals surface area contributed by atoms with Crippen molar-refractivity contribution in [1.29, 1.82) is 0 Å². The molecule has 17 heavy (non-hydrogen) atoms. The summed E-state index contributed by atoms with van der Waals surface area (Å²) in [6.45, 7) is 7.02. The van der Waals surface area contributed by atoms with Gasteiger partial charge in [0, 0.05) is 14.1 Å². The summed E-state index contributed by atoms with van der Waals surface area (Å²) in [5, 5.41) is 0. The van der Waals surface area contributed by atoms with Gasteiger partial charge in [-0.25, -0.2) is 0 Å². The van der Waals surface area contributed by atoms with Crippen molar-refractivity contribution < 1.29 is 9.53 Å². The fraction of sp³-hybridized carbons (Fsp3) is 0.929. The smallest absolute Gasteiger partial charge is 0.248 e. The zero-order chi connectivity index (χ0) is 13.0. The molecule has 0 spiro atoms. The van der Waals surface area contributed by atoms with Crippen molar-refractivity contribution in [2.75, 3.05) is 20.7 Å². The molecule has 0 aromatic rings. The summed E-state index contributed by atoms with van der Waals surface area (Å²) in [5.41, 5.74) is 0. The van der Waals surface area contributed by atoms with Crippen molar-refractivity contribution in [2.45, 2.75) is 46.1 Å². The van der Waals surface area contributed by atoms with E-state index in [-0.39, 0.29) is 18.6 Å². The summed E-state index contributed by atoms with van der Waals surface area (Å²) in [6.07, 6.45) is 3.90. The Bertz CT molecular complexity index is 251. The highest BCUT2D eigenvalue weighted by Crippen LogP contribution is 2.35. The molecular formula is C14H27NO2. The molecule has 1 fully saturated rings. The fourth-order valence-electron chi connectivity index (χ4n) is 2.61. The molecule has 0 aromatic heterocycles. The molecular weight excluding hydrogens is 214 g/mol. The zero-order valence-corrected chi connectivity index (χ0v) is 11.9. The van der Waals surface area contributed by atoms with Gasteiger partial charge in [-0.3, -0.25) is 4.79 Å². The SMILES string of the molecule is CC(C)[C@@H]1CC[C@@H](C)C[C@H]1OCC(=O)N(C)C. The first kappa shape index (κ1) is 14.5. The lowest BCUT2D eigenvalue weighted by atomic mass is 9.75. The average Bonchev–Trinajstić information content (AvgIpc) is 2.25. The van der Waals surface area contributed by atoms with E-state index in [2.05, 4.69) is 20.8 Å². The van der Waals surface area contributed by atoms with E-state index >= 15 is 0 Å². The molecule has 0 aliphatic heterocycles. The summed E-state index contributed by atoms with van der Waals surface area (Å²) >= 11 is 0. The number of nitrogens with zero attached hydrogens (tertiary/aromatic N) is 1. The van der Waals surface area contributed by atoms with Crippen molar-refractivity contribution in [3.05, 3.63) is 0 Å². The molecule has 3 nitrogen and oxygen atoms in total. The third-order valence-corrected chi connectivity index (χ3v) is 3.88. The molecule has 0 aromatic carbocycles. The van der Waals surface area contributed by atoms with E-state index in [0.29, 0.717) is 11.8 Å². The van der Waals surface area contributed by atoms with E-state index in [0.717, 1.165) is 12.3 Å². The maximum atomic E-state index is 11.5. The lowest BCUT2D eigenvalue weighted by Gasteiger charge is -2.37. The van der Waals surface area contributed by atoms with E-state index in [1.54, 1.807) is 19.0 Å². The molecule has 3 atom stereocenters. The zero-order valence-electron chi connectivity index (χ0n) is 11.9. The Morgan fingerprint density at radius 1 is 1.35 bits per heavy atom. The van der Waals surface area contributed by atoms with Gasteiger partial charge >= 0.3 is 0 Å². The molecule has 0 heterocycles. The van der Waals surface area contributed by atoms with E-state index in [4.69, 9.17) is 4.74 Å². The molecule has 1 saturated carbocycles. The highest BCUT2D eigenvalue weighted by Gasteiger charge is 2.31. The number of amides is 1. The first-order valence-corrected chi connectivity index (χ1v) is 6.73. The fourth-order valence-corrected chi connectivity index (χ4v) is 2.61. The number of ether oxygens (including phenoxy) is 1. The van der Waals surface area contributed by atoms with Gasteiger partial charge in [0.15, 0.2) is 0 Å². The van der Waals surface area contributed by atoms with Gasteiger partial charge in [-0.2, -0.15) is 0 Å². The topological polar surface area (TPSA) is 29.5 Å². The summed E-state index contributed by atoms with van der Waals surface area (Å²) in [7, 11) is 3.55. The van der Waals surface area contributed by atoms with Crippen LogP contribution in [0, 0.1) is 17.8 Å². The van der Waals surface area contributed by atoms with Gasteiger partial charge in [0.1, 0.15) is 6.61 Å². The summed E-state index contributed by atoms with van der Waals surface area (Å²) < 4.78 is 5.86. The molecule has 1 amide bonds. The van der Waals surface area contributed by atoms with Crippen molar-refractivity contribution in [1.82, 2.24) is 4.90 Å². The average molecular weight is 241 g/mol. The summed E-state index contributed by atoms with van der Waals surface area (Å²) in [5.74, 6) is 2.04. The number of rotatable bonds is 4. The third-order valence-electron chi connectivity index (χ3n) is 3.88. The highest BCUT2D eigenvalue weighted by atomic mass is 16.5. The number of hydrogen-bond donors (Lipinski definition) is 0. The quantitative estimate of drug-likeness (QED) is 0.757. The number of likely N-dealkylation sites (N-methyl/N-ethyl adjacent to an activating group) is 1. The standard InChI is InChI=1S/C14H27NO2/c1-10(2)12-7-6-11(3)8-13(12)17-9-14(16)15(4)5/h10-13H,6-9H2,1-5H3/t11-,12+,13-/m1/s1. The van der Waals surface area contributed by atoms with Crippen LogP contribution in [0.5, 0.6) is 0 Å². The minimum Gasteiger partial charge on any atom is -0.368 e. The molecule has 3 heteroatoms. The van der Waals surface area contributed by atoms with Crippen molar-refractivity contribution in [3.63, 3.8) is 0 Å². The Labute approximate surface area is 106 Å². The Hall–Kier alpha value is -0.570. The Morgan fingerprint density at radius 2 is 2.00 bits per heavy atom. The largest absolute Gasteiger partial charge is 0.368 e. The third kappa shape index (κ3) is 4.30. The number of hydrogen-bond acceptors (Lipinski definition) is 2. The van der Waals surface area contributed by atoms with Gasteiger partial charge in [0.25, 0.3) is 0 Å². The minimum absolute atomic E-state index is 0.0609. The van der Waals surface area contributed by atoms with Crippen LogP contribution in [0.3, 0.4) is 0 Å². The number of carbonyl (C=O) groups excluding carboxylic acids is 1. The predicted octanol–water partition coefficient (Wildman–Crippen LogP) is 2.55. The van der Waals surface area contributed by atoms with Crippen LogP contribution in [0.15, 0.2) is 0 Å². The van der Waals surface area contributed by atoms with Gasteiger partial charge in [-0.15, -0.1) is 0 Å². The van der Waals surface area contributed by atoms with Gasteiger partial charge in [0.2, 0.25) is 5.91 Å². The second-order valence-electron chi connectivity index (χ2n) is 5.96. The molecule has 100 valence electrons. The Kier molecular flexibility index (Phi) is 5.44. The molecule has 0 bridgehead atoms. The van der Waals surface area contributed by atoms with Crippen molar-refractivity contribution in [2.24, 2.45) is 17.8 Å². The van der Waals surface area contributed by atoms with Crippen LogP contribution in [0.1, 0.15) is 40.0 Å². The summed E-state index contributed by atoms with van der Waals surface area (Å²) in [6, 6.07) is 0. The molecule has 0 N–H and O–H groups in total. The van der Waals surface area contributed by atoms with Crippen LogP contribution in [0.2, 0.25) is 0 Å². The maximum Gasteiger partial charge on any atom is 0.248 e. The lowest BCUT2D eigenvalue weighted by Crippen LogP contribution is -2.37. The predicted molar refractivity (Wildman–Crippen MR) is 69.8 cm³/mol. The van der Waals surface area contributed by atoms with Crippen LogP contribution < -0.4 is 0 Å². The molecule has 1 rings (SSSR count). The molecule has 0 unspecified atom stereocenters. The van der Waals surface area contributed by atoms with Gasteiger partial charge in [-0.1, -0.05) is 27.2 Å². The normalized spacial score (nSPS) is 29.4. The van der Waals surface area contributed by atoms with Crippen LogP contribution in [0.25, 0.3) is 0 Å². The second kappa shape index (κ2) is 6.39. The van der Waals surface area contributed by atoms with Crippen molar-refractivity contribution >= 4 is 5.91 Å². The highest BCUT2D eigenvalue weighted by molar-refractivity contribution is 5.76. The minimum atomic E-state index is 0.0609. The van der Waals surface area contributed by atoms with Crippen LogP contribution in [0.4, 0.5) is 0 Å². The van der Waals surface area contributed by atoms with Gasteiger partial charge < -0.3 is 9.64 Å². The molecule has 1 aliphatic rings. The van der Waals surface area contributed by atoms with E-state index in [1.807, 2.05) is 0 Å². The second-order valence-corrected chi connectivity index (χ2v) is 5.96. The first-order valence-electron chi connectivity index (χ1n) is 6.73. The van der Waals surface area contributed by atoms with E-state index in [9.17, 15) is 4.79 Å². The Morgan fingerprint density at radius 3 is 2.53 bits per heavy atom. The molecule has 0 radical (unpaired) electrons. The van der Waals surface area contributed by atoms with Gasteiger partial charge in [-0.05, 0) is 30.6 Å². The first-order chi connectivity index (χ1) is 7.91. The summed E-state index contributed by atoms with van der Waals surface area (Å²) in [4.78, 5) is 13.1. The van der Waals surface area contributed by atoms with Crippen LogP contribution in [-0.4, -0.2) is 37.6 Å². The lowest BCUT2D eigenvalue weighted by molar-refractivity contribution is -0.139. The van der Waals surface area contributed by atoms with Gasteiger partial charge in [0.05, 0.1) is 6.10 Å². The van der Waals surface area contributed by atoms with E-state index in [1.165, 1.54) is 12.8 Å². The molecule has 0 saturated heterocycles. The van der Waals surface area contributed by atoms with E-state index < -0.39 is 0 Å². The number of carbonyl (C=O) groups is 1. The molecule has 1 aliphatic carbocycles.